The second kappa shape index (κ2) is 10.7. The largest absolute Gasteiger partial charge is 0.379 e. The van der Waals surface area contributed by atoms with Gasteiger partial charge in [0.25, 0.3) is 5.69 Å². The number of hydrogen-bond acceptors (Lipinski definition) is 7. The molecule has 0 radical (unpaired) electrons. The van der Waals surface area contributed by atoms with Gasteiger partial charge in [-0.3, -0.25) is 24.6 Å². The topological polar surface area (TPSA) is 117 Å². The predicted octanol–water partition coefficient (Wildman–Crippen LogP) is 1.79. The monoisotopic (exact) mass is 441 g/mol. The number of hydrogen-bond donors (Lipinski definition) is 2. The fourth-order valence-corrected chi connectivity index (χ4v) is 3.50. The Bertz CT molecular complexity index is 957. The zero-order valence-corrected chi connectivity index (χ0v) is 18.1. The van der Waals surface area contributed by atoms with E-state index in [9.17, 15) is 19.7 Å². The number of rotatable bonds is 7. The summed E-state index contributed by atoms with van der Waals surface area (Å²) in [6.07, 6.45) is 0. The van der Waals surface area contributed by atoms with Crippen LogP contribution >= 0.6 is 0 Å². The van der Waals surface area contributed by atoms with Gasteiger partial charge in [0, 0.05) is 57.2 Å². The lowest BCUT2D eigenvalue weighted by molar-refractivity contribution is -0.384. The van der Waals surface area contributed by atoms with E-state index in [2.05, 4.69) is 15.5 Å². The molecule has 10 nitrogen and oxygen atoms in total. The first-order valence-corrected chi connectivity index (χ1v) is 10.3. The van der Waals surface area contributed by atoms with Crippen LogP contribution in [0.3, 0.4) is 0 Å². The fourth-order valence-electron chi connectivity index (χ4n) is 3.50. The molecule has 0 bridgehead atoms. The summed E-state index contributed by atoms with van der Waals surface area (Å²) in [5, 5.41) is 16.0. The summed E-state index contributed by atoms with van der Waals surface area (Å²) in [4.78, 5) is 39.3. The van der Waals surface area contributed by atoms with Gasteiger partial charge in [0.05, 0.1) is 24.2 Å². The molecule has 2 N–H and O–H groups in total. The molecule has 170 valence electrons. The molecule has 2 aromatic rings. The van der Waals surface area contributed by atoms with Gasteiger partial charge in [-0.2, -0.15) is 0 Å². The van der Waals surface area contributed by atoms with E-state index in [0.717, 1.165) is 24.3 Å². The lowest BCUT2D eigenvalue weighted by atomic mass is 10.0. The van der Waals surface area contributed by atoms with Crippen molar-refractivity contribution in [3.63, 3.8) is 0 Å². The Hall–Kier alpha value is -3.50. The van der Waals surface area contributed by atoms with E-state index in [1.165, 1.54) is 24.3 Å². The normalized spacial score (nSPS) is 14.9. The molecule has 2 aromatic carbocycles. The molecule has 1 aliphatic rings. The number of nitro benzene ring substituents is 1. The SMILES string of the molecule is CN(C)c1ccc(C(CNC(=O)C(=O)Nc2cccc([N+](=O)[O-])c2)N2CCOCC2)cc1. The first-order valence-electron chi connectivity index (χ1n) is 10.3. The van der Waals surface area contributed by atoms with Crippen molar-refractivity contribution in [3.05, 3.63) is 64.2 Å². The second-order valence-corrected chi connectivity index (χ2v) is 7.62. The fraction of sp³-hybridized carbons (Fsp3) is 0.364. The smallest absolute Gasteiger partial charge is 0.313 e. The van der Waals surface area contributed by atoms with Crippen LogP contribution in [-0.4, -0.2) is 68.6 Å². The van der Waals surface area contributed by atoms with Crippen LogP contribution < -0.4 is 15.5 Å². The lowest BCUT2D eigenvalue weighted by Gasteiger charge is -2.35. The highest BCUT2D eigenvalue weighted by atomic mass is 16.6. The van der Waals surface area contributed by atoms with E-state index < -0.39 is 16.7 Å². The van der Waals surface area contributed by atoms with Crippen LogP contribution in [0.5, 0.6) is 0 Å². The minimum Gasteiger partial charge on any atom is -0.379 e. The summed E-state index contributed by atoms with van der Waals surface area (Å²) in [7, 11) is 3.93. The highest BCUT2D eigenvalue weighted by Crippen LogP contribution is 2.24. The van der Waals surface area contributed by atoms with Gasteiger partial charge in [-0.15, -0.1) is 0 Å². The van der Waals surface area contributed by atoms with E-state index in [0.29, 0.717) is 13.2 Å². The molecule has 2 amide bonds. The number of nitro groups is 1. The number of carbonyl (C=O) groups is 2. The van der Waals surface area contributed by atoms with Crippen LogP contribution in [0, 0.1) is 10.1 Å². The molecule has 1 heterocycles. The summed E-state index contributed by atoms with van der Waals surface area (Å²) in [5.41, 5.74) is 2.10. The number of morpholine rings is 1. The Labute approximate surface area is 186 Å². The van der Waals surface area contributed by atoms with Crippen molar-refractivity contribution in [1.29, 1.82) is 0 Å². The average Bonchev–Trinajstić information content (AvgIpc) is 2.80. The highest BCUT2D eigenvalue weighted by molar-refractivity contribution is 6.39. The second-order valence-electron chi connectivity index (χ2n) is 7.62. The molecule has 1 atom stereocenters. The molecule has 1 saturated heterocycles. The van der Waals surface area contributed by atoms with Crippen molar-refractivity contribution >= 4 is 28.9 Å². The first kappa shape index (κ1) is 23.2. The summed E-state index contributed by atoms with van der Waals surface area (Å²) in [6.45, 7) is 2.88. The number of non-ortho nitro benzene ring substituents is 1. The van der Waals surface area contributed by atoms with Gasteiger partial charge in [0.2, 0.25) is 0 Å². The van der Waals surface area contributed by atoms with E-state index in [-0.39, 0.29) is 24.0 Å². The minimum atomic E-state index is -0.880. The van der Waals surface area contributed by atoms with E-state index in [4.69, 9.17) is 4.74 Å². The summed E-state index contributed by atoms with van der Waals surface area (Å²) < 4.78 is 5.45. The Morgan fingerprint density at radius 3 is 2.44 bits per heavy atom. The molecule has 3 rings (SSSR count). The van der Waals surface area contributed by atoms with Crippen LogP contribution in [0.1, 0.15) is 11.6 Å². The Kier molecular flexibility index (Phi) is 7.74. The zero-order chi connectivity index (χ0) is 23.1. The van der Waals surface area contributed by atoms with Gasteiger partial charge in [-0.1, -0.05) is 18.2 Å². The van der Waals surface area contributed by atoms with Crippen molar-refractivity contribution in [2.24, 2.45) is 0 Å². The van der Waals surface area contributed by atoms with Crippen LogP contribution in [0.15, 0.2) is 48.5 Å². The van der Waals surface area contributed by atoms with Gasteiger partial charge in [0.1, 0.15) is 0 Å². The number of carbonyl (C=O) groups excluding carboxylic acids is 2. The van der Waals surface area contributed by atoms with Crippen molar-refractivity contribution < 1.29 is 19.2 Å². The van der Waals surface area contributed by atoms with Gasteiger partial charge in [-0.05, 0) is 23.8 Å². The summed E-state index contributed by atoms with van der Waals surface area (Å²) in [6, 6.07) is 13.4. The molecule has 0 aliphatic carbocycles. The molecule has 0 spiro atoms. The summed E-state index contributed by atoms with van der Waals surface area (Å²) >= 11 is 0. The highest BCUT2D eigenvalue weighted by Gasteiger charge is 2.25. The molecule has 1 unspecified atom stereocenters. The molecule has 1 fully saturated rings. The number of amides is 2. The van der Waals surface area contributed by atoms with E-state index in [1.54, 1.807) is 0 Å². The van der Waals surface area contributed by atoms with Crippen LogP contribution in [-0.2, 0) is 14.3 Å². The third-order valence-electron chi connectivity index (χ3n) is 5.26. The Morgan fingerprint density at radius 2 is 1.81 bits per heavy atom. The summed E-state index contributed by atoms with van der Waals surface area (Å²) in [5.74, 6) is -1.69. The maximum absolute atomic E-state index is 12.4. The third kappa shape index (κ3) is 6.02. The van der Waals surface area contributed by atoms with Crippen LogP contribution in [0.2, 0.25) is 0 Å². The third-order valence-corrected chi connectivity index (χ3v) is 5.26. The van der Waals surface area contributed by atoms with E-state index >= 15 is 0 Å². The molecular formula is C22H27N5O5. The van der Waals surface area contributed by atoms with Crippen LogP contribution in [0.4, 0.5) is 17.1 Å². The van der Waals surface area contributed by atoms with Gasteiger partial charge in [0.15, 0.2) is 0 Å². The van der Waals surface area contributed by atoms with Crippen molar-refractivity contribution in [1.82, 2.24) is 10.2 Å². The number of nitrogens with one attached hydrogen (secondary N) is 2. The molecule has 32 heavy (non-hydrogen) atoms. The predicted molar refractivity (Wildman–Crippen MR) is 121 cm³/mol. The Morgan fingerprint density at radius 1 is 1.12 bits per heavy atom. The van der Waals surface area contributed by atoms with E-state index in [1.807, 2.05) is 43.3 Å². The molecule has 0 aromatic heterocycles. The number of anilines is 2. The lowest BCUT2D eigenvalue weighted by Crippen LogP contribution is -2.45. The number of nitrogens with zero attached hydrogens (tertiary/aromatic N) is 3. The van der Waals surface area contributed by atoms with Gasteiger partial charge in [-0.25, -0.2) is 0 Å². The van der Waals surface area contributed by atoms with Crippen molar-refractivity contribution in [2.45, 2.75) is 6.04 Å². The molecule has 1 aliphatic heterocycles. The zero-order valence-electron chi connectivity index (χ0n) is 18.1. The Balaban J connectivity index is 1.66. The first-order chi connectivity index (χ1) is 15.3. The average molecular weight is 441 g/mol. The molecule has 0 saturated carbocycles. The van der Waals surface area contributed by atoms with Crippen molar-refractivity contribution in [3.8, 4) is 0 Å². The van der Waals surface area contributed by atoms with Gasteiger partial charge < -0.3 is 20.3 Å². The van der Waals surface area contributed by atoms with Crippen molar-refractivity contribution in [2.75, 3.05) is 57.2 Å². The molecule has 10 heteroatoms. The maximum atomic E-state index is 12.4. The maximum Gasteiger partial charge on any atom is 0.313 e. The van der Waals surface area contributed by atoms with Crippen LogP contribution in [0.25, 0.3) is 0 Å². The standard InChI is InChI=1S/C22H27N5O5/c1-25(2)18-8-6-16(7-9-18)20(26-10-12-32-13-11-26)15-23-21(28)22(29)24-17-4-3-5-19(14-17)27(30)31/h3-9,14,20H,10-13,15H2,1-2H3,(H,23,28)(H,24,29). The molecular weight excluding hydrogens is 414 g/mol. The van der Waals surface area contributed by atoms with Gasteiger partial charge >= 0.3 is 11.8 Å². The quantitative estimate of drug-likeness (QED) is 0.382. The number of benzene rings is 2. The number of ether oxygens (including phenoxy) is 1. The minimum absolute atomic E-state index is 0.121.